The number of ether oxygens (including phenoxy) is 1. The number of primary amides is 1. The lowest BCUT2D eigenvalue weighted by molar-refractivity contribution is -0.128. The van der Waals surface area contributed by atoms with Crippen LogP contribution in [0.2, 0.25) is 0 Å². The number of carbonyl (C=O) groups excluding carboxylic acids is 2. The van der Waals surface area contributed by atoms with Crippen LogP contribution in [0, 0.1) is 5.82 Å². The lowest BCUT2D eigenvalue weighted by Crippen LogP contribution is -2.39. The number of benzene rings is 2. The van der Waals surface area contributed by atoms with E-state index in [1.165, 1.54) is 12.1 Å². The molecule has 0 aliphatic rings. The Morgan fingerprint density at radius 1 is 1.22 bits per heavy atom. The summed E-state index contributed by atoms with van der Waals surface area (Å²) < 4.78 is 19.3. The maximum absolute atomic E-state index is 13.6. The number of halogens is 2. The van der Waals surface area contributed by atoms with Crippen LogP contribution < -0.4 is 15.8 Å². The van der Waals surface area contributed by atoms with Gasteiger partial charge in [-0.2, -0.15) is 0 Å². The summed E-state index contributed by atoms with van der Waals surface area (Å²) >= 11 is 3.12. The van der Waals surface area contributed by atoms with Crippen LogP contribution in [0.25, 0.3) is 0 Å². The van der Waals surface area contributed by atoms with Crippen LogP contribution in [0.4, 0.5) is 4.39 Å². The van der Waals surface area contributed by atoms with Crippen LogP contribution in [0.3, 0.4) is 0 Å². The molecular weight excluding hydrogens is 367 g/mol. The maximum atomic E-state index is 13.6. The average molecular weight is 381 g/mol. The monoisotopic (exact) mass is 380 g/mol. The highest BCUT2D eigenvalue weighted by Crippen LogP contribution is 2.21. The number of hydrogen-bond donors (Lipinski definition) is 2. The Morgan fingerprint density at radius 3 is 2.52 bits per heavy atom. The molecule has 0 aromatic heterocycles. The van der Waals surface area contributed by atoms with E-state index in [2.05, 4.69) is 21.2 Å². The van der Waals surface area contributed by atoms with Crippen molar-refractivity contribution in [3.8, 4) is 5.75 Å². The highest BCUT2D eigenvalue weighted by Gasteiger charge is 2.20. The van der Waals surface area contributed by atoms with Gasteiger partial charge in [0.25, 0.3) is 5.91 Å². The van der Waals surface area contributed by atoms with E-state index in [0.717, 1.165) is 0 Å². The van der Waals surface area contributed by atoms with Crippen molar-refractivity contribution in [2.75, 3.05) is 6.61 Å². The molecule has 120 valence electrons. The summed E-state index contributed by atoms with van der Waals surface area (Å²) in [5.41, 5.74) is 5.86. The van der Waals surface area contributed by atoms with Gasteiger partial charge in [0, 0.05) is 4.47 Å². The summed E-state index contributed by atoms with van der Waals surface area (Å²) in [4.78, 5) is 23.4. The first kappa shape index (κ1) is 17.0. The molecule has 0 aliphatic carbocycles. The Hall–Kier alpha value is -2.41. The highest BCUT2D eigenvalue weighted by molar-refractivity contribution is 9.10. The fourth-order valence-electron chi connectivity index (χ4n) is 1.90. The average Bonchev–Trinajstić information content (AvgIpc) is 2.52. The van der Waals surface area contributed by atoms with Crippen LogP contribution >= 0.6 is 15.9 Å². The summed E-state index contributed by atoms with van der Waals surface area (Å²) in [6.45, 7) is -0.435. The lowest BCUT2D eigenvalue weighted by Gasteiger charge is -2.16. The third-order valence-electron chi connectivity index (χ3n) is 2.98. The minimum absolute atomic E-state index is 0.0568. The van der Waals surface area contributed by atoms with Gasteiger partial charge >= 0.3 is 0 Å². The van der Waals surface area contributed by atoms with E-state index in [1.54, 1.807) is 36.4 Å². The molecule has 0 bridgehead atoms. The molecule has 2 aromatic carbocycles. The van der Waals surface area contributed by atoms with E-state index < -0.39 is 30.3 Å². The first-order valence-corrected chi connectivity index (χ1v) is 7.48. The number of amides is 2. The molecule has 5 nitrogen and oxygen atoms in total. The van der Waals surface area contributed by atoms with Crippen LogP contribution in [-0.4, -0.2) is 18.4 Å². The molecule has 3 N–H and O–H groups in total. The quantitative estimate of drug-likeness (QED) is 0.806. The van der Waals surface area contributed by atoms with Crippen molar-refractivity contribution < 1.29 is 18.7 Å². The zero-order valence-corrected chi connectivity index (χ0v) is 13.5. The molecule has 2 rings (SSSR count). The zero-order chi connectivity index (χ0) is 16.8. The number of hydrogen-bond acceptors (Lipinski definition) is 3. The van der Waals surface area contributed by atoms with E-state index in [1.807, 2.05) is 0 Å². The molecule has 0 spiro atoms. The lowest BCUT2D eigenvalue weighted by atomic mass is 10.1. The minimum atomic E-state index is -0.970. The molecule has 2 amide bonds. The highest BCUT2D eigenvalue weighted by atomic mass is 79.9. The Bertz CT molecular complexity index is 710. The first-order valence-electron chi connectivity index (χ1n) is 6.69. The fraction of sp³-hybridized carbons (Fsp3) is 0.125. The van der Waals surface area contributed by atoms with Gasteiger partial charge in [-0.15, -0.1) is 0 Å². The molecule has 0 aliphatic heterocycles. The van der Waals surface area contributed by atoms with Gasteiger partial charge in [-0.3, -0.25) is 9.59 Å². The van der Waals surface area contributed by atoms with Crippen molar-refractivity contribution in [2.45, 2.75) is 6.04 Å². The Balaban J connectivity index is 1.98. The molecule has 1 atom stereocenters. The van der Waals surface area contributed by atoms with Gasteiger partial charge < -0.3 is 15.8 Å². The second-order valence-corrected chi connectivity index (χ2v) is 5.59. The van der Waals surface area contributed by atoms with Gasteiger partial charge in [0.05, 0.1) is 0 Å². The summed E-state index contributed by atoms with van der Waals surface area (Å²) in [6.07, 6.45) is 0. The van der Waals surface area contributed by atoms with Gasteiger partial charge in [-0.25, -0.2) is 4.39 Å². The van der Waals surface area contributed by atoms with Gasteiger partial charge in [0.2, 0.25) is 5.91 Å². The van der Waals surface area contributed by atoms with E-state index in [0.29, 0.717) is 10.0 Å². The number of carbonyl (C=O) groups is 2. The van der Waals surface area contributed by atoms with Crippen LogP contribution in [0.15, 0.2) is 53.0 Å². The summed E-state index contributed by atoms with van der Waals surface area (Å²) in [5, 5.41) is 2.46. The van der Waals surface area contributed by atoms with E-state index >= 15 is 0 Å². The van der Waals surface area contributed by atoms with Gasteiger partial charge in [0.1, 0.15) is 6.04 Å². The van der Waals surface area contributed by atoms with Crippen molar-refractivity contribution in [3.63, 3.8) is 0 Å². The standard InChI is InChI=1S/C16H14BrFN2O3/c17-11-6-7-13(12(18)8-11)23-9-14(21)20-15(16(19)22)10-4-2-1-3-5-10/h1-8,15H,9H2,(H2,19,22)(H,20,21). The van der Waals surface area contributed by atoms with Gasteiger partial charge in [-0.05, 0) is 23.8 Å². The molecule has 0 fully saturated rings. The number of rotatable bonds is 6. The Labute approximate surface area is 140 Å². The van der Waals surface area contributed by atoms with Crippen molar-refractivity contribution in [1.82, 2.24) is 5.32 Å². The SMILES string of the molecule is NC(=O)C(NC(=O)COc1ccc(Br)cc1F)c1ccccc1. The Morgan fingerprint density at radius 2 is 1.91 bits per heavy atom. The normalized spacial score (nSPS) is 11.6. The third-order valence-corrected chi connectivity index (χ3v) is 3.47. The van der Waals surface area contributed by atoms with E-state index in [-0.39, 0.29) is 5.75 Å². The smallest absolute Gasteiger partial charge is 0.258 e. The molecule has 0 heterocycles. The molecule has 7 heteroatoms. The summed E-state index contributed by atoms with van der Waals surface area (Å²) in [5.74, 6) is -1.93. The predicted octanol–water partition coefficient (Wildman–Crippen LogP) is 2.31. The Kier molecular flexibility index (Phi) is 5.70. The van der Waals surface area contributed by atoms with Crippen molar-refractivity contribution in [3.05, 3.63) is 64.4 Å². The predicted molar refractivity (Wildman–Crippen MR) is 86.1 cm³/mol. The van der Waals surface area contributed by atoms with Crippen LogP contribution in [0.1, 0.15) is 11.6 Å². The third kappa shape index (κ3) is 4.79. The van der Waals surface area contributed by atoms with E-state index in [4.69, 9.17) is 10.5 Å². The minimum Gasteiger partial charge on any atom is -0.481 e. The van der Waals surface area contributed by atoms with Crippen molar-refractivity contribution in [1.29, 1.82) is 0 Å². The first-order chi connectivity index (χ1) is 11.0. The second kappa shape index (κ2) is 7.73. The van der Waals surface area contributed by atoms with Crippen molar-refractivity contribution >= 4 is 27.7 Å². The number of nitrogens with two attached hydrogens (primary N) is 1. The van der Waals surface area contributed by atoms with Crippen LogP contribution in [-0.2, 0) is 9.59 Å². The summed E-state index contributed by atoms with van der Waals surface area (Å²) in [6, 6.07) is 11.8. The molecule has 1 unspecified atom stereocenters. The largest absolute Gasteiger partial charge is 0.481 e. The van der Waals surface area contributed by atoms with Gasteiger partial charge in [0.15, 0.2) is 18.2 Å². The fourth-order valence-corrected chi connectivity index (χ4v) is 2.24. The molecule has 2 aromatic rings. The van der Waals surface area contributed by atoms with Gasteiger partial charge in [-0.1, -0.05) is 46.3 Å². The molecule has 0 saturated heterocycles. The molecule has 23 heavy (non-hydrogen) atoms. The topological polar surface area (TPSA) is 81.4 Å². The molecule has 0 saturated carbocycles. The second-order valence-electron chi connectivity index (χ2n) is 4.68. The zero-order valence-electron chi connectivity index (χ0n) is 12.0. The maximum Gasteiger partial charge on any atom is 0.258 e. The molecule has 0 radical (unpaired) electrons. The van der Waals surface area contributed by atoms with E-state index in [9.17, 15) is 14.0 Å². The van der Waals surface area contributed by atoms with Crippen LogP contribution in [0.5, 0.6) is 5.75 Å². The molecular formula is C16H14BrFN2O3. The van der Waals surface area contributed by atoms with Crippen molar-refractivity contribution in [2.24, 2.45) is 5.73 Å². The summed E-state index contributed by atoms with van der Waals surface area (Å²) in [7, 11) is 0. The number of nitrogens with one attached hydrogen (secondary N) is 1.